The number of amides is 1. The van der Waals surface area contributed by atoms with Crippen molar-refractivity contribution in [3.05, 3.63) is 55.7 Å². The van der Waals surface area contributed by atoms with Crippen molar-refractivity contribution in [3.63, 3.8) is 0 Å². The SMILES string of the molecule is NC(=O)CC(CO)(CO)COC(=O)c1ccc(CCCC2C(Cl)CC(O)C2CCc2cc(Cl)cc(Cl)c2)s1. The lowest BCUT2D eigenvalue weighted by atomic mass is 9.85. The van der Waals surface area contributed by atoms with E-state index in [0.717, 1.165) is 42.5 Å². The predicted molar refractivity (Wildman–Crippen MR) is 150 cm³/mol. The Bertz CT molecular complexity index is 1070. The van der Waals surface area contributed by atoms with E-state index in [2.05, 4.69) is 0 Å². The van der Waals surface area contributed by atoms with Crippen LogP contribution in [-0.2, 0) is 22.4 Å². The monoisotopic (exact) mass is 605 g/mol. The van der Waals surface area contributed by atoms with Crippen molar-refractivity contribution >= 4 is 58.0 Å². The molecule has 2 aromatic rings. The van der Waals surface area contributed by atoms with Crippen LogP contribution in [0.5, 0.6) is 0 Å². The number of hydrogen-bond acceptors (Lipinski definition) is 7. The standard InChI is InChI=1S/C27H34Cl3NO6S/c28-17-8-16(9-18(29)10-17)4-6-21-20(22(30)11-23(21)34)3-1-2-19-5-7-24(38-19)26(36)37-15-27(13-32,14-33)12-25(31)35/h5,7-10,20-23,32-34H,1-4,6,11-15H2,(H2,31,35). The number of aliphatic hydroxyl groups excluding tert-OH is 3. The third-order valence-corrected chi connectivity index (χ3v) is 9.28. The van der Waals surface area contributed by atoms with Crippen molar-refractivity contribution in [3.8, 4) is 0 Å². The Balaban J connectivity index is 1.51. The van der Waals surface area contributed by atoms with Crippen LogP contribution in [-0.4, -0.2) is 58.5 Å². The molecule has 1 aromatic heterocycles. The van der Waals surface area contributed by atoms with Gasteiger partial charge in [-0.05, 0) is 86.3 Å². The summed E-state index contributed by atoms with van der Waals surface area (Å²) in [5, 5.41) is 30.9. The first-order chi connectivity index (χ1) is 18.1. The normalized spacial score (nSPS) is 21.5. The lowest BCUT2D eigenvalue weighted by molar-refractivity contribution is -0.123. The van der Waals surface area contributed by atoms with Crippen LogP contribution in [0.4, 0.5) is 0 Å². The first-order valence-corrected chi connectivity index (χ1v) is 14.6. The van der Waals surface area contributed by atoms with Gasteiger partial charge >= 0.3 is 5.97 Å². The van der Waals surface area contributed by atoms with E-state index >= 15 is 0 Å². The summed E-state index contributed by atoms with van der Waals surface area (Å²) >= 11 is 20.2. The average molecular weight is 607 g/mol. The summed E-state index contributed by atoms with van der Waals surface area (Å²) in [4.78, 5) is 25.2. The number of thiophene rings is 1. The van der Waals surface area contributed by atoms with Gasteiger partial charge in [-0.1, -0.05) is 23.2 Å². The highest BCUT2D eigenvalue weighted by molar-refractivity contribution is 7.13. The first-order valence-electron chi connectivity index (χ1n) is 12.6. The third-order valence-electron chi connectivity index (χ3n) is 7.22. The molecule has 4 atom stereocenters. The second kappa shape index (κ2) is 14.3. The number of alkyl halides is 1. The number of aryl methyl sites for hydroxylation is 2. The second-order valence-electron chi connectivity index (χ2n) is 10.2. The van der Waals surface area contributed by atoms with E-state index in [0.29, 0.717) is 21.3 Å². The summed E-state index contributed by atoms with van der Waals surface area (Å²) in [7, 11) is 0. The number of halogens is 3. The molecule has 1 heterocycles. The van der Waals surface area contributed by atoms with Gasteiger partial charge in [-0.2, -0.15) is 0 Å². The van der Waals surface area contributed by atoms with Gasteiger partial charge in [0, 0.05) is 26.7 Å². The largest absolute Gasteiger partial charge is 0.461 e. The maximum Gasteiger partial charge on any atom is 0.348 e. The first kappa shape index (κ1) is 31.1. The van der Waals surface area contributed by atoms with Gasteiger partial charge in [-0.3, -0.25) is 4.79 Å². The fraction of sp³-hybridized carbons (Fsp3) is 0.556. The molecule has 3 rings (SSSR count). The molecule has 1 amide bonds. The van der Waals surface area contributed by atoms with Gasteiger partial charge < -0.3 is 25.8 Å². The van der Waals surface area contributed by atoms with Gasteiger partial charge in [0.25, 0.3) is 0 Å². The zero-order valence-electron chi connectivity index (χ0n) is 21.0. The molecule has 1 aliphatic carbocycles. The number of primary amides is 1. The molecule has 210 valence electrons. The Morgan fingerprint density at radius 1 is 1.05 bits per heavy atom. The molecule has 7 nitrogen and oxygen atoms in total. The highest BCUT2D eigenvalue weighted by atomic mass is 35.5. The minimum Gasteiger partial charge on any atom is -0.461 e. The summed E-state index contributed by atoms with van der Waals surface area (Å²) in [6.45, 7) is -1.40. The van der Waals surface area contributed by atoms with Crippen molar-refractivity contribution in [2.24, 2.45) is 23.0 Å². The number of ether oxygens (including phenoxy) is 1. The minimum atomic E-state index is -1.30. The van der Waals surface area contributed by atoms with Crippen molar-refractivity contribution in [2.75, 3.05) is 19.8 Å². The number of carbonyl (C=O) groups is 2. The van der Waals surface area contributed by atoms with Crippen LogP contribution >= 0.6 is 46.1 Å². The molecule has 0 aliphatic heterocycles. The lowest BCUT2D eigenvalue weighted by Crippen LogP contribution is -2.39. The van der Waals surface area contributed by atoms with E-state index in [1.54, 1.807) is 12.1 Å². The van der Waals surface area contributed by atoms with Crippen LogP contribution in [0.2, 0.25) is 10.0 Å². The summed E-state index contributed by atoms with van der Waals surface area (Å²) in [6, 6.07) is 9.04. The summed E-state index contributed by atoms with van der Waals surface area (Å²) < 4.78 is 5.28. The third kappa shape index (κ3) is 8.55. The zero-order valence-corrected chi connectivity index (χ0v) is 24.0. The molecule has 11 heteroatoms. The van der Waals surface area contributed by atoms with Gasteiger partial charge in [0.2, 0.25) is 5.91 Å². The van der Waals surface area contributed by atoms with E-state index in [4.69, 9.17) is 45.3 Å². The van der Waals surface area contributed by atoms with Crippen molar-refractivity contribution in [1.29, 1.82) is 0 Å². The van der Waals surface area contributed by atoms with Crippen LogP contribution in [0.25, 0.3) is 0 Å². The Morgan fingerprint density at radius 2 is 1.74 bits per heavy atom. The van der Waals surface area contributed by atoms with Crippen molar-refractivity contribution < 1.29 is 29.6 Å². The fourth-order valence-corrected chi connectivity index (χ4v) is 7.13. The number of carbonyl (C=O) groups excluding carboxylic acids is 2. The number of hydrogen-bond donors (Lipinski definition) is 4. The number of esters is 1. The number of rotatable bonds is 14. The Labute approximate surface area is 241 Å². The molecule has 1 aliphatic rings. The van der Waals surface area contributed by atoms with Gasteiger partial charge in [0.1, 0.15) is 11.5 Å². The van der Waals surface area contributed by atoms with Crippen LogP contribution in [0, 0.1) is 17.3 Å². The highest BCUT2D eigenvalue weighted by Gasteiger charge is 2.40. The van der Waals surface area contributed by atoms with Crippen LogP contribution in [0.15, 0.2) is 30.3 Å². The molecule has 1 fully saturated rings. The Kier molecular flexibility index (Phi) is 11.7. The molecule has 1 saturated carbocycles. The molecule has 5 N–H and O–H groups in total. The van der Waals surface area contributed by atoms with Gasteiger partial charge in [-0.25, -0.2) is 4.79 Å². The van der Waals surface area contributed by atoms with Gasteiger partial charge in [0.15, 0.2) is 0 Å². The topological polar surface area (TPSA) is 130 Å². The van der Waals surface area contributed by atoms with Crippen LogP contribution in [0.3, 0.4) is 0 Å². The molecule has 0 saturated heterocycles. The van der Waals surface area contributed by atoms with Crippen LogP contribution in [0.1, 0.15) is 52.2 Å². The quantitative estimate of drug-likeness (QED) is 0.183. The molecule has 0 radical (unpaired) electrons. The number of nitrogens with two attached hydrogens (primary N) is 1. The minimum absolute atomic E-state index is 0.0860. The summed E-state index contributed by atoms with van der Waals surface area (Å²) in [6.07, 6.45) is 3.84. The van der Waals surface area contributed by atoms with Crippen molar-refractivity contribution in [2.45, 2.75) is 56.4 Å². The van der Waals surface area contributed by atoms with Gasteiger partial charge in [-0.15, -0.1) is 22.9 Å². The molecular weight excluding hydrogens is 573 g/mol. The molecule has 1 aromatic carbocycles. The molecule has 0 bridgehead atoms. The second-order valence-corrected chi connectivity index (χ2v) is 12.8. The number of benzene rings is 1. The smallest absolute Gasteiger partial charge is 0.348 e. The van der Waals surface area contributed by atoms with E-state index in [1.807, 2.05) is 18.2 Å². The zero-order chi connectivity index (χ0) is 27.9. The van der Waals surface area contributed by atoms with E-state index in [-0.39, 0.29) is 30.2 Å². The lowest BCUT2D eigenvalue weighted by Gasteiger charge is -2.27. The summed E-state index contributed by atoms with van der Waals surface area (Å²) in [5.41, 5.74) is 4.92. The maximum absolute atomic E-state index is 12.5. The molecule has 38 heavy (non-hydrogen) atoms. The van der Waals surface area contributed by atoms with E-state index in [9.17, 15) is 24.9 Å². The fourth-order valence-electron chi connectivity index (χ4n) is 5.12. The van der Waals surface area contributed by atoms with Crippen LogP contribution < -0.4 is 5.73 Å². The van der Waals surface area contributed by atoms with E-state index < -0.39 is 36.6 Å². The average Bonchev–Trinajstić information content (AvgIpc) is 3.43. The summed E-state index contributed by atoms with van der Waals surface area (Å²) in [5.74, 6) is -1.02. The maximum atomic E-state index is 12.5. The highest BCUT2D eigenvalue weighted by Crippen LogP contribution is 2.42. The van der Waals surface area contributed by atoms with Crippen molar-refractivity contribution in [1.82, 2.24) is 0 Å². The predicted octanol–water partition coefficient (Wildman–Crippen LogP) is 4.62. The Hall–Kier alpha value is -1.39. The van der Waals surface area contributed by atoms with E-state index in [1.165, 1.54) is 11.3 Å². The number of aliphatic hydroxyl groups is 3. The molecule has 4 unspecified atom stereocenters. The van der Waals surface area contributed by atoms with Gasteiger partial charge in [0.05, 0.1) is 24.7 Å². The molecular formula is C27H34Cl3NO6S. The molecule has 0 spiro atoms. The Morgan fingerprint density at radius 3 is 2.37 bits per heavy atom.